The SMILES string of the molecule is C/C(=C\C(=O)OC=O)CCC[C@H](C)CCC[C@H](C)CCCC(C)C.[NaH]. The first kappa shape index (κ1) is 27.1. The van der Waals surface area contributed by atoms with Gasteiger partial charge in [-0.15, -0.1) is 0 Å². The molecule has 0 spiro atoms. The van der Waals surface area contributed by atoms with Crippen LogP contribution in [-0.2, 0) is 14.3 Å². The zero-order chi connectivity index (χ0) is 18.4. The second kappa shape index (κ2) is 17.3. The van der Waals surface area contributed by atoms with Gasteiger partial charge in [0, 0.05) is 6.08 Å². The van der Waals surface area contributed by atoms with Crippen LogP contribution in [0.25, 0.3) is 0 Å². The van der Waals surface area contributed by atoms with Crippen LogP contribution < -0.4 is 0 Å². The quantitative estimate of drug-likeness (QED) is 0.136. The predicted octanol–water partition coefficient (Wildman–Crippen LogP) is 5.42. The minimum atomic E-state index is -0.568. The molecule has 0 bridgehead atoms. The molecule has 142 valence electrons. The Morgan fingerprint density at radius 3 is 1.84 bits per heavy atom. The second-order valence-electron chi connectivity index (χ2n) is 7.88. The third kappa shape index (κ3) is 18.5. The van der Waals surface area contributed by atoms with Gasteiger partial charge >= 0.3 is 42.0 Å². The molecule has 0 saturated heterocycles. The Labute approximate surface area is 177 Å². The Kier molecular flexibility index (Phi) is 18.8. The fraction of sp³-hybridized carbons (Fsp3) is 0.810. The third-order valence-electron chi connectivity index (χ3n) is 4.67. The van der Waals surface area contributed by atoms with Crippen LogP contribution in [0.15, 0.2) is 11.6 Å². The van der Waals surface area contributed by atoms with Gasteiger partial charge in [-0.1, -0.05) is 78.2 Å². The Morgan fingerprint density at radius 1 is 0.880 bits per heavy atom. The Hall–Kier alpha value is -0.120. The molecule has 0 aliphatic heterocycles. The van der Waals surface area contributed by atoms with Gasteiger partial charge in [-0.2, -0.15) is 0 Å². The fourth-order valence-electron chi connectivity index (χ4n) is 3.06. The minimum absolute atomic E-state index is 0. The van der Waals surface area contributed by atoms with Crippen LogP contribution in [0.4, 0.5) is 0 Å². The number of hydrogen-bond donors (Lipinski definition) is 0. The molecule has 0 aliphatic rings. The van der Waals surface area contributed by atoms with Gasteiger partial charge in [0.05, 0.1) is 0 Å². The molecule has 4 heteroatoms. The zero-order valence-corrected chi connectivity index (χ0v) is 16.5. The standard InChI is InChI=1S/C21H38O3.Na.H/c1-17(2)9-6-10-18(3)11-7-12-19(4)13-8-14-20(5)15-21(23)24-16-22;;/h15-19H,6-14H2,1-5H3;;/b20-15+;;/t18-,19-;;/m1../s1. The van der Waals surface area contributed by atoms with Crippen molar-refractivity contribution in [1.82, 2.24) is 0 Å². The number of esters is 1. The second-order valence-corrected chi connectivity index (χ2v) is 7.88. The van der Waals surface area contributed by atoms with Crippen molar-refractivity contribution in [3.63, 3.8) is 0 Å². The predicted molar refractivity (Wildman–Crippen MR) is 108 cm³/mol. The molecule has 0 rings (SSSR count). The summed E-state index contributed by atoms with van der Waals surface area (Å²) in [7, 11) is 0. The van der Waals surface area contributed by atoms with Gasteiger partial charge in [0.2, 0.25) is 0 Å². The first-order valence-electron chi connectivity index (χ1n) is 9.66. The molecule has 0 aliphatic carbocycles. The van der Waals surface area contributed by atoms with Gasteiger partial charge in [-0.05, 0) is 37.5 Å². The Bertz CT molecular complexity index is 377. The van der Waals surface area contributed by atoms with Gasteiger partial charge in [0.25, 0.3) is 0 Å². The molecule has 0 unspecified atom stereocenters. The van der Waals surface area contributed by atoms with Gasteiger partial charge in [-0.3, -0.25) is 4.79 Å². The van der Waals surface area contributed by atoms with E-state index in [0.29, 0.717) is 0 Å². The van der Waals surface area contributed by atoms with Crippen LogP contribution >= 0.6 is 0 Å². The van der Waals surface area contributed by atoms with Crippen molar-refractivity contribution in [1.29, 1.82) is 0 Å². The molecule has 0 saturated carbocycles. The van der Waals surface area contributed by atoms with Crippen LogP contribution in [-0.4, -0.2) is 42.0 Å². The number of carbonyl (C=O) groups excluding carboxylic acids is 2. The van der Waals surface area contributed by atoms with Crippen molar-refractivity contribution in [3.8, 4) is 0 Å². The van der Waals surface area contributed by atoms with E-state index in [0.717, 1.165) is 36.2 Å². The van der Waals surface area contributed by atoms with E-state index in [9.17, 15) is 9.59 Å². The monoisotopic (exact) mass is 362 g/mol. The zero-order valence-electron chi connectivity index (χ0n) is 16.5. The van der Waals surface area contributed by atoms with Crippen molar-refractivity contribution in [2.45, 2.75) is 92.4 Å². The maximum absolute atomic E-state index is 11.1. The van der Waals surface area contributed by atoms with Crippen molar-refractivity contribution in [2.75, 3.05) is 0 Å². The van der Waals surface area contributed by atoms with E-state index in [1.807, 2.05) is 6.92 Å². The topological polar surface area (TPSA) is 43.4 Å². The number of rotatable bonds is 14. The molecule has 0 N–H and O–H groups in total. The average molecular weight is 363 g/mol. The van der Waals surface area contributed by atoms with E-state index < -0.39 is 5.97 Å². The number of ether oxygens (including phenoxy) is 1. The third-order valence-corrected chi connectivity index (χ3v) is 4.67. The van der Waals surface area contributed by atoms with Crippen LogP contribution in [0, 0.1) is 17.8 Å². The molecular weight excluding hydrogens is 323 g/mol. The molecular formula is C21H39NaO3. The van der Waals surface area contributed by atoms with Gasteiger partial charge in [0.1, 0.15) is 0 Å². The fourth-order valence-corrected chi connectivity index (χ4v) is 3.06. The molecule has 0 aromatic rings. The normalized spacial score (nSPS) is 13.9. The number of allylic oxidation sites excluding steroid dienone is 1. The van der Waals surface area contributed by atoms with Crippen LogP contribution in [0.3, 0.4) is 0 Å². The van der Waals surface area contributed by atoms with Crippen LogP contribution in [0.1, 0.15) is 92.4 Å². The Balaban J connectivity index is 0. The molecule has 2 atom stereocenters. The van der Waals surface area contributed by atoms with Gasteiger partial charge in [-0.25, -0.2) is 4.79 Å². The molecule has 0 aromatic heterocycles. The van der Waals surface area contributed by atoms with E-state index in [1.54, 1.807) is 0 Å². The van der Waals surface area contributed by atoms with Gasteiger partial charge < -0.3 is 4.74 Å². The van der Waals surface area contributed by atoms with E-state index in [-0.39, 0.29) is 36.0 Å². The summed E-state index contributed by atoms with van der Waals surface area (Å²) < 4.78 is 4.26. The number of carbonyl (C=O) groups is 2. The first-order valence-corrected chi connectivity index (χ1v) is 9.66. The van der Waals surface area contributed by atoms with E-state index >= 15 is 0 Å². The first-order chi connectivity index (χ1) is 11.3. The molecule has 0 radical (unpaired) electrons. The summed E-state index contributed by atoms with van der Waals surface area (Å²) in [4.78, 5) is 21.2. The summed E-state index contributed by atoms with van der Waals surface area (Å²) in [6.07, 6.45) is 12.6. The molecule has 0 fully saturated rings. The summed E-state index contributed by atoms with van der Waals surface area (Å²) in [5, 5.41) is 0. The van der Waals surface area contributed by atoms with E-state index in [2.05, 4.69) is 32.4 Å². The Morgan fingerprint density at radius 2 is 1.36 bits per heavy atom. The van der Waals surface area contributed by atoms with Crippen LogP contribution in [0.5, 0.6) is 0 Å². The molecule has 0 aromatic carbocycles. The maximum atomic E-state index is 11.1. The van der Waals surface area contributed by atoms with Crippen molar-refractivity contribution in [2.24, 2.45) is 17.8 Å². The summed E-state index contributed by atoms with van der Waals surface area (Å²) in [5.74, 6) is 1.85. The van der Waals surface area contributed by atoms with Gasteiger partial charge in [0.15, 0.2) is 0 Å². The molecule has 0 heterocycles. The van der Waals surface area contributed by atoms with Crippen molar-refractivity contribution < 1.29 is 14.3 Å². The summed E-state index contributed by atoms with van der Waals surface area (Å²) in [6.45, 7) is 11.4. The molecule has 3 nitrogen and oxygen atoms in total. The summed E-state index contributed by atoms with van der Waals surface area (Å²) in [5.41, 5.74) is 0.979. The van der Waals surface area contributed by atoms with Crippen molar-refractivity contribution >= 4 is 42.0 Å². The van der Waals surface area contributed by atoms with Crippen molar-refractivity contribution in [3.05, 3.63) is 11.6 Å². The number of hydrogen-bond acceptors (Lipinski definition) is 3. The molecule has 0 amide bonds. The molecule has 25 heavy (non-hydrogen) atoms. The van der Waals surface area contributed by atoms with E-state index in [4.69, 9.17) is 0 Å². The summed E-state index contributed by atoms with van der Waals surface area (Å²) >= 11 is 0. The summed E-state index contributed by atoms with van der Waals surface area (Å²) in [6, 6.07) is 0. The average Bonchev–Trinajstić information content (AvgIpc) is 2.46. The van der Waals surface area contributed by atoms with Crippen LogP contribution in [0.2, 0.25) is 0 Å². The van der Waals surface area contributed by atoms with E-state index in [1.165, 1.54) is 51.0 Å².